The molecule has 8 aliphatic heterocycles. The summed E-state index contributed by atoms with van der Waals surface area (Å²) >= 11 is 0. The summed E-state index contributed by atoms with van der Waals surface area (Å²) in [5, 5.41) is 255. The lowest BCUT2D eigenvalue weighted by atomic mass is 9.93. The van der Waals surface area contributed by atoms with E-state index in [-0.39, 0.29) is 0 Å². The summed E-state index contributed by atoms with van der Waals surface area (Å²) in [5.74, 6) is -1.71. The number of amides is 2. The highest BCUT2D eigenvalue weighted by atomic mass is 16.8. The molecule has 8 saturated heterocycles. The molecule has 8 heterocycles. The normalized spacial score (nSPS) is 51.2. The predicted octanol–water partition coefficient (Wildman–Crippen LogP) is -17.1. The summed E-state index contributed by atoms with van der Waals surface area (Å²) < 4.78 is 86.4. The van der Waals surface area contributed by atoms with Gasteiger partial charge in [-0.15, -0.1) is 0 Å². The van der Waals surface area contributed by atoms with E-state index in [0.29, 0.717) is 0 Å². The molecule has 0 saturated carbocycles. The lowest BCUT2D eigenvalue weighted by molar-refractivity contribution is -0.388. The minimum Gasteiger partial charge on any atom is -0.394 e. The maximum atomic E-state index is 12.9. The van der Waals surface area contributed by atoms with Crippen LogP contribution in [0.4, 0.5) is 0 Å². The van der Waals surface area contributed by atoms with Gasteiger partial charge in [0.1, 0.15) is 189 Å². The number of hydrogen-bond donors (Lipinski definition) is 25. The Kier molecular flexibility index (Phi) is 27.3. The predicted molar refractivity (Wildman–Crippen MR) is 286 cm³/mol. The molecule has 0 aromatic rings. The highest BCUT2D eigenvalue weighted by Gasteiger charge is 2.59. The molecule has 0 aromatic heterocycles. The smallest absolute Gasteiger partial charge is 0.217 e. The Morgan fingerprint density at radius 3 is 1.06 bits per heavy atom. The van der Waals surface area contributed by atoms with E-state index < -0.39 is 304 Å². The van der Waals surface area contributed by atoms with Crippen molar-refractivity contribution in [2.24, 2.45) is 0 Å². The Balaban J connectivity index is 1.07. The van der Waals surface area contributed by atoms with E-state index in [0.717, 1.165) is 13.8 Å². The molecule has 0 unspecified atom stereocenters. The third-order valence-electron chi connectivity index (χ3n) is 17.4. The van der Waals surface area contributed by atoms with Gasteiger partial charge in [-0.3, -0.25) is 9.59 Å². The van der Waals surface area contributed by atoms with Crippen LogP contribution in [0.3, 0.4) is 0 Å². The second kappa shape index (κ2) is 33.3. The van der Waals surface area contributed by atoms with Crippen LogP contribution >= 0.6 is 0 Å². The summed E-state index contributed by atoms with van der Waals surface area (Å²) in [4.78, 5) is 25.2. The zero-order valence-corrected chi connectivity index (χ0v) is 50.3. The fraction of sp³-hybridized carbons (Fsp3) is 0.962. The van der Waals surface area contributed by atoms with Crippen molar-refractivity contribution in [3.05, 3.63) is 0 Å². The fourth-order valence-electron chi connectivity index (χ4n) is 11.9. The molecule has 40 atom stereocenters. The van der Waals surface area contributed by atoms with Crippen LogP contribution in [0, 0.1) is 0 Å². The van der Waals surface area contributed by atoms with E-state index in [1.807, 2.05) is 0 Å². The van der Waals surface area contributed by atoms with E-state index in [1.54, 1.807) is 0 Å². The van der Waals surface area contributed by atoms with Crippen LogP contribution in [0.1, 0.15) is 20.8 Å². The first-order valence-electron chi connectivity index (χ1n) is 30.0. The van der Waals surface area contributed by atoms with Crippen molar-refractivity contribution < 1.29 is 198 Å². The molecule has 42 heteroatoms. The Labute approximate surface area is 532 Å². The summed E-state index contributed by atoms with van der Waals surface area (Å²) in [6, 6.07) is -3.58. The van der Waals surface area contributed by atoms with Crippen molar-refractivity contribution >= 4 is 11.8 Å². The quantitative estimate of drug-likeness (QED) is 0.0452. The van der Waals surface area contributed by atoms with Crippen LogP contribution < -0.4 is 10.6 Å². The molecular formula is C52H88N2O40. The van der Waals surface area contributed by atoms with Gasteiger partial charge in [0.15, 0.2) is 50.3 Å². The van der Waals surface area contributed by atoms with Gasteiger partial charge in [-0.1, -0.05) is 0 Å². The van der Waals surface area contributed by atoms with E-state index >= 15 is 0 Å². The molecular weight excluding hydrogens is 1290 g/mol. The van der Waals surface area contributed by atoms with Gasteiger partial charge >= 0.3 is 0 Å². The minimum atomic E-state index is -2.39. The van der Waals surface area contributed by atoms with Crippen molar-refractivity contribution in [2.75, 3.05) is 46.2 Å². The van der Waals surface area contributed by atoms with Crippen molar-refractivity contribution in [3.8, 4) is 0 Å². The number of carbonyl (C=O) groups is 2. The fourth-order valence-corrected chi connectivity index (χ4v) is 11.9. The minimum absolute atomic E-state index is 0.789. The van der Waals surface area contributed by atoms with Gasteiger partial charge in [-0.2, -0.15) is 0 Å². The zero-order valence-electron chi connectivity index (χ0n) is 50.3. The van der Waals surface area contributed by atoms with Crippen molar-refractivity contribution in [2.45, 2.75) is 266 Å². The number of ether oxygens (including phenoxy) is 15. The third-order valence-corrected chi connectivity index (χ3v) is 17.4. The molecule has 0 bridgehead atoms. The number of nitrogens with one attached hydrogen (secondary N) is 2. The molecule has 25 N–H and O–H groups in total. The Hall–Kier alpha value is -2.58. The Morgan fingerprint density at radius 2 is 0.606 bits per heavy atom. The van der Waals surface area contributed by atoms with E-state index in [9.17, 15) is 127 Å². The summed E-state index contributed by atoms with van der Waals surface area (Å²) in [6.07, 6.45) is -74.7. The number of rotatable bonds is 23. The van der Waals surface area contributed by atoms with Crippen LogP contribution in [-0.4, -0.2) is 421 Å². The molecule has 94 heavy (non-hydrogen) atoms. The number of hydrogen-bond acceptors (Lipinski definition) is 40. The highest BCUT2D eigenvalue weighted by molar-refractivity contribution is 5.73. The SMILES string of the molecule is CC(=O)N[C@@H]1[C@@H](O)[C@H](O[C@@H]2O[C@H](CO)[C@@H](O[C@H]3O[C@H](CO[C@H]4O[C@H](CO[C@H]5O[C@H](CO)[C@@H](O)[C@H](O)[C@@H]5O)[C@@H](O)[C@H](O[C@H]5O[C@H](CO)[C@@H](O)[C@H](O)[C@@H]5O)[C@@H]4O)[C@@H](O)[C@H](O[C@H]4O[C@H](CO)[C@@H](O)[C@H](O)[C@@H]4O)[C@@H]3O)[C@H](O)[C@H]2NC(C)=O)[C@@H](CO[C@@H]2O[C@@H](C)[C@@H](O)[C@H](O)[C@@H]2O)O[C@H]1O. The third kappa shape index (κ3) is 16.7. The summed E-state index contributed by atoms with van der Waals surface area (Å²) in [6.45, 7) is -3.53. The number of aliphatic hydroxyl groups is 23. The first kappa shape index (κ1) is 77.2. The monoisotopic (exact) mass is 1380 g/mol. The number of carbonyl (C=O) groups excluding carboxylic acids is 2. The topological polar surface area (TPSA) is 662 Å². The van der Waals surface area contributed by atoms with Gasteiger partial charge in [0.25, 0.3) is 0 Å². The van der Waals surface area contributed by atoms with Crippen molar-refractivity contribution in [1.29, 1.82) is 0 Å². The van der Waals surface area contributed by atoms with Crippen LogP contribution in [-0.2, 0) is 80.6 Å². The Morgan fingerprint density at radius 1 is 0.298 bits per heavy atom. The first-order valence-corrected chi connectivity index (χ1v) is 30.0. The van der Waals surface area contributed by atoms with Crippen molar-refractivity contribution in [3.63, 3.8) is 0 Å². The molecule has 0 radical (unpaired) electrons. The van der Waals surface area contributed by atoms with Crippen LogP contribution in [0.25, 0.3) is 0 Å². The molecule has 42 nitrogen and oxygen atoms in total. The van der Waals surface area contributed by atoms with Crippen LogP contribution in [0.5, 0.6) is 0 Å². The highest BCUT2D eigenvalue weighted by Crippen LogP contribution is 2.38. The van der Waals surface area contributed by atoms with E-state index in [4.69, 9.17) is 71.1 Å². The Bertz CT molecular complexity index is 2360. The van der Waals surface area contributed by atoms with Gasteiger partial charge in [-0.25, -0.2) is 0 Å². The number of aliphatic hydroxyl groups excluding tert-OH is 23. The second-order valence-corrected chi connectivity index (χ2v) is 23.9. The van der Waals surface area contributed by atoms with Gasteiger partial charge < -0.3 is 199 Å². The summed E-state index contributed by atoms with van der Waals surface area (Å²) in [7, 11) is 0. The average molecular weight is 1380 g/mol. The van der Waals surface area contributed by atoms with Crippen LogP contribution in [0.15, 0.2) is 0 Å². The maximum absolute atomic E-state index is 12.9. The molecule has 8 aliphatic rings. The first-order chi connectivity index (χ1) is 44.4. The molecule has 8 fully saturated rings. The average Bonchev–Trinajstić information content (AvgIpc) is 0.778. The lowest BCUT2D eigenvalue weighted by Gasteiger charge is -2.50. The van der Waals surface area contributed by atoms with E-state index in [1.165, 1.54) is 6.92 Å². The van der Waals surface area contributed by atoms with E-state index in [2.05, 4.69) is 10.6 Å². The lowest BCUT2D eigenvalue weighted by Crippen LogP contribution is -2.70. The van der Waals surface area contributed by atoms with Crippen molar-refractivity contribution in [1.82, 2.24) is 10.6 Å². The largest absolute Gasteiger partial charge is 0.394 e. The summed E-state index contributed by atoms with van der Waals surface area (Å²) in [5.41, 5.74) is 0. The molecule has 546 valence electrons. The molecule has 0 aliphatic carbocycles. The van der Waals surface area contributed by atoms with Crippen LogP contribution in [0.2, 0.25) is 0 Å². The maximum Gasteiger partial charge on any atom is 0.217 e. The molecule has 0 aromatic carbocycles. The molecule has 2 amide bonds. The van der Waals surface area contributed by atoms with Gasteiger partial charge in [0.05, 0.1) is 52.4 Å². The van der Waals surface area contributed by atoms with Gasteiger partial charge in [-0.05, 0) is 6.92 Å². The second-order valence-electron chi connectivity index (χ2n) is 23.9. The van der Waals surface area contributed by atoms with Gasteiger partial charge in [0, 0.05) is 13.8 Å². The zero-order chi connectivity index (χ0) is 69.2. The van der Waals surface area contributed by atoms with Gasteiger partial charge in [0.2, 0.25) is 11.8 Å². The molecule has 8 rings (SSSR count). The standard InChI is InChI=1S/C52H88N2O40/c1-11-23(61)31(69)35(73)47(83-11)82-10-20-42(29(67)21(45(79)84-20)53-12(2)59)91-46-22(54-13(3)60)30(68)41(17(7-58)88-46)92-52-40(78)44(94-51-38(76)34(72)26(64)16(6-57)87-51)28(66)19(90-52)9-81-49-39(77)43(93-50-37(75)33(71)25(63)15(5-56)86-50)27(65)18(89-49)8-80-48-36(74)32(70)24(62)14(4-55)85-48/h11,14-52,55-58,61-79H,4-10H2,1-3H3,(H,53,59)(H,54,60)/t11-,14+,15+,16+,17+,18+,19+,20+,21+,22+,23+,24+,25+,26+,27+,28+,29+,30+,31-,32-,33-,34-,35-,36-,37-,38-,39-,40-,41+,42+,43-,44-,45+,46-,47+,48-,49-,50+,51+,52+/m0/s1. The molecule has 0 spiro atoms.